The Labute approximate surface area is 117 Å². The number of carbonyl (C=O) groups excluding carboxylic acids is 1. The van der Waals surface area contributed by atoms with E-state index in [1.165, 1.54) is 16.9 Å². The van der Waals surface area contributed by atoms with Gasteiger partial charge >= 0.3 is 0 Å². The SMILES string of the molecule is CCN(CC(=O)Nc1nccs1)c1ccccc1C. The molecule has 0 spiro atoms. The fourth-order valence-electron chi connectivity index (χ4n) is 1.90. The quantitative estimate of drug-likeness (QED) is 0.912. The lowest BCUT2D eigenvalue weighted by molar-refractivity contribution is -0.115. The van der Waals surface area contributed by atoms with Crippen molar-refractivity contribution < 1.29 is 4.79 Å². The molecule has 1 aromatic heterocycles. The fraction of sp³-hybridized carbons (Fsp3) is 0.286. The average Bonchev–Trinajstić information content (AvgIpc) is 2.89. The molecule has 4 nitrogen and oxygen atoms in total. The van der Waals surface area contributed by atoms with Crippen molar-refractivity contribution in [3.63, 3.8) is 0 Å². The van der Waals surface area contributed by atoms with Crippen molar-refractivity contribution in [1.29, 1.82) is 0 Å². The molecule has 0 aliphatic heterocycles. The Bertz CT molecular complexity index is 539. The number of nitrogens with zero attached hydrogens (tertiary/aromatic N) is 2. The van der Waals surface area contributed by atoms with Crippen molar-refractivity contribution in [2.24, 2.45) is 0 Å². The van der Waals surface area contributed by atoms with Gasteiger partial charge < -0.3 is 10.2 Å². The monoisotopic (exact) mass is 275 g/mol. The average molecular weight is 275 g/mol. The van der Waals surface area contributed by atoms with Crippen molar-refractivity contribution in [2.75, 3.05) is 23.3 Å². The van der Waals surface area contributed by atoms with E-state index in [4.69, 9.17) is 0 Å². The van der Waals surface area contributed by atoms with E-state index in [0.29, 0.717) is 11.7 Å². The number of aryl methyl sites for hydroxylation is 1. The summed E-state index contributed by atoms with van der Waals surface area (Å²) in [5.74, 6) is -0.0416. The van der Waals surface area contributed by atoms with E-state index >= 15 is 0 Å². The van der Waals surface area contributed by atoms with Crippen LogP contribution in [-0.2, 0) is 4.79 Å². The number of hydrogen-bond acceptors (Lipinski definition) is 4. The van der Waals surface area contributed by atoms with Gasteiger partial charge in [0.2, 0.25) is 5.91 Å². The van der Waals surface area contributed by atoms with Crippen LogP contribution >= 0.6 is 11.3 Å². The van der Waals surface area contributed by atoms with Gasteiger partial charge in [-0.05, 0) is 25.5 Å². The minimum Gasteiger partial charge on any atom is -0.362 e. The number of amides is 1. The summed E-state index contributed by atoms with van der Waals surface area (Å²) in [5.41, 5.74) is 2.27. The van der Waals surface area contributed by atoms with Gasteiger partial charge in [0.05, 0.1) is 6.54 Å². The number of thiazole rings is 1. The van der Waals surface area contributed by atoms with Crippen molar-refractivity contribution in [1.82, 2.24) is 4.98 Å². The van der Waals surface area contributed by atoms with Gasteiger partial charge in [-0.3, -0.25) is 4.79 Å². The van der Waals surface area contributed by atoms with E-state index in [-0.39, 0.29) is 5.91 Å². The van der Waals surface area contributed by atoms with Crippen LogP contribution < -0.4 is 10.2 Å². The minimum atomic E-state index is -0.0416. The van der Waals surface area contributed by atoms with Crippen LogP contribution in [-0.4, -0.2) is 24.0 Å². The number of anilines is 2. The lowest BCUT2D eigenvalue weighted by Gasteiger charge is -2.24. The second-order valence-electron chi connectivity index (χ2n) is 4.19. The molecule has 1 heterocycles. The third-order valence-corrected chi connectivity index (χ3v) is 3.54. The molecule has 0 radical (unpaired) electrons. The molecule has 2 aromatic rings. The third-order valence-electron chi connectivity index (χ3n) is 2.85. The Morgan fingerprint density at radius 1 is 1.42 bits per heavy atom. The zero-order valence-corrected chi connectivity index (χ0v) is 11.9. The Balaban J connectivity index is 2.03. The molecule has 100 valence electrons. The number of hydrogen-bond donors (Lipinski definition) is 1. The number of carbonyl (C=O) groups is 1. The first kappa shape index (κ1) is 13.5. The highest BCUT2D eigenvalue weighted by Crippen LogP contribution is 2.19. The summed E-state index contributed by atoms with van der Waals surface area (Å²) in [4.78, 5) is 18.1. The van der Waals surface area contributed by atoms with Gasteiger partial charge in [-0.15, -0.1) is 11.3 Å². The minimum absolute atomic E-state index is 0.0416. The molecule has 0 saturated heterocycles. The first-order valence-electron chi connectivity index (χ1n) is 6.20. The summed E-state index contributed by atoms with van der Waals surface area (Å²) >= 11 is 1.42. The van der Waals surface area contributed by atoms with Gasteiger partial charge in [-0.25, -0.2) is 4.98 Å². The van der Waals surface area contributed by atoms with E-state index < -0.39 is 0 Å². The van der Waals surface area contributed by atoms with Gasteiger partial charge in [-0.2, -0.15) is 0 Å². The molecular formula is C14H17N3OS. The molecule has 0 bridgehead atoms. The molecule has 0 unspecified atom stereocenters. The van der Waals surface area contributed by atoms with Crippen LogP contribution in [0, 0.1) is 6.92 Å². The molecule has 19 heavy (non-hydrogen) atoms. The maximum Gasteiger partial charge on any atom is 0.245 e. The van der Waals surface area contributed by atoms with Gasteiger partial charge in [0.1, 0.15) is 0 Å². The van der Waals surface area contributed by atoms with Crippen LogP contribution in [0.4, 0.5) is 10.8 Å². The largest absolute Gasteiger partial charge is 0.362 e. The molecule has 1 N–H and O–H groups in total. The van der Waals surface area contributed by atoms with Gasteiger partial charge in [-0.1, -0.05) is 18.2 Å². The highest BCUT2D eigenvalue weighted by molar-refractivity contribution is 7.13. The van der Waals surface area contributed by atoms with E-state index in [2.05, 4.69) is 28.2 Å². The van der Waals surface area contributed by atoms with Gasteiger partial charge in [0, 0.05) is 23.8 Å². The molecule has 0 saturated carbocycles. The normalized spacial score (nSPS) is 10.2. The molecule has 0 aliphatic carbocycles. The predicted octanol–water partition coefficient (Wildman–Crippen LogP) is 2.92. The molecule has 2 rings (SSSR count). The van der Waals surface area contributed by atoms with Crippen LogP contribution in [0.5, 0.6) is 0 Å². The predicted molar refractivity (Wildman–Crippen MR) is 79.8 cm³/mol. The Hall–Kier alpha value is -1.88. The maximum atomic E-state index is 12.0. The molecular weight excluding hydrogens is 258 g/mol. The zero-order chi connectivity index (χ0) is 13.7. The summed E-state index contributed by atoms with van der Waals surface area (Å²) in [5, 5.41) is 5.29. The Morgan fingerprint density at radius 2 is 2.21 bits per heavy atom. The molecule has 0 aliphatic rings. The van der Waals surface area contributed by atoms with Crippen molar-refractivity contribution in [3.05, 3.63) is 41.4 Å². The highest BCUT2D eigenvalue weighted by atomic mass is 32.1. The summed E-state index contributed by atoms with van der Waals surface area (Å²) in [7, 11) is 0. The Kier molecular flexibility index (Phi) is 4.52. The Morgan fingerprint density at radius 3 is 2.84 bits per heavy atom. The standard InChI is InChI=1S/C14H17N3OS/c1-3-17(12-7-5-4-6-11(12)2)10-13(18)16-14-15-8-9-19-14/h4-9H,3,10H2,1-2H3,(H,15,16,18). The smallest absolute Gasteiger partial charge is 0.245 e. The van der Waals surface area contributed by atoms with Crippen LogP contribution in [0.1, 0.15) is 12.5 Å². The number of aromatic nitrogens is 1. The van der Waals surface area contributed by atoms with E-state index in [9.17, 15) is 4.79 Å². The number of likely N-dealkylation sites (N-methyl/N-ethyl adjacent to an activating group) is 1. The second-order valence-corrected chi connectivity index (χ2v) is 5.08. The fourth-order valence-corrected chi connectivity index (χ4v) is 2.45. The molecule has 0 fully saturated rings. The van der Waals surface area contributed by atoms with Gasteiger partial charge in [0.25, 0.3) is 0 Å². The molecule has 0 atom stereocenters. The second kappa shape index (κ2) is 6.33. The lowest BCUT2D eigenvalue weighted by Crippen LogP contribution is -2.33. The number of benzene rings is 1. The topological polar surface area (TPSA) is 45.2 Å². The number of nitrogens with one attached hydrogen (secondary N) is 1. The maximum absolute atomic E-state index is 12.0. The summed E-state index contributed by atoms with van der Waals surface area (Å²) in [6.45, 7) is 5.22. The number of rotatable bonds is 5. The van der Waals surface area contributed by atoms with Crippen LogP contribution in [0.15, 0.2) is 35.8 Å². The molecule has 1 aromatic carbocycles. The van der Waals surface area contributed by atoms with E-state index in [1.807, 2.05) is 30.5 Å². The summed E-state index contributed by atoms with van der Waals surface area (Å²) < 4.78 is 0. The van der Waals surface area contributed by atoms with Gasteiger partial charge in [0.15, 0.2) is 5.13 Å². The highest BCUT2D eigenvalue weighted by Gasteiger charge is 2.12. The summed E-state index contributed by atoms with van der Waals surface area (Å²) in [6.07, 6.45) is 1.68. The van der Waals surface area contributed by atoms with Crippen LogP contribution in [0.2, 0.25) is 0 Å². The van der Waals surface area contributed by atoms with Crippen molar-refractivity contribution in [2.45, 2.75) is 13.8 Å². The number of para-hydroxylation sites is 1. The lowest BCUT2D eigenvalue weighted by atomic mass is 10.2. The van der Waals surface area contributed by atoms with Crippen LogP contribution in [0.25, 0.3) is 0 Å². The first-order chi connectivity index (χ1) is 9.20. The van der Waals surface area contributed by atoms with E-state index in [0.717, 1.165) is 12.2 Å². The zero-order valence-electron chi connectivity index (χ0n) is 11.1. The summed E-state index contributed by atoms with van der Waals surface area (Å²) in [6, 6.07) is 8.08. The van der Waals surface area contributed by atoms with Crippen LogP contribution in [0.3, 0.4) is 0 Å². The van der Waals surface area contributed by atoms with E-state index in [1.54, 1.807) is 6.20 Å². The first-order valence-corrected chi connectivity index (χ1v) is 7.08. The molecule has 5 heteroatoms. The van der Waals surface area contributed by atoms with Crippen molar-refractivity contribution in [3.8, 4) is 0 Å². The molecule has 1 amide bonds. The third kappa shape index (κ3) is 3.54. The van der Waals surface area contributed by atoms with Crippen molar-refractivity contribution >= 4 is 28.1 Å².